The molecule has 0 aliphatic rings. The molecule has 0 bridgehead atoms. The Bertz CT molecular complexity index is 662. The Kier molecular flexibility index (Phi) is 4.52. The Morgan fingerprint density at radius 3 is 2.65 bits per heavy atom. The molecular weight excluding hydrogens is 344 g/mol. The van der Waals surface area contributed by atoms with Crippen LogP contribution in [0.4, 0.5) is 5.69 Å². The third-order valence-electron chi connectivity index (χ3n) is 2.68. The molecule has 104 valence electrons. The zero-order chi connectivity index (χ0) is 14.7. The largest absolute Gasteiger partial charge is 0.488 e. The Hall–Kier alpha value is -1.72. The summed E-state index contributed by atoms with van der Waals surface area (Å²) in [5.41, 5.74) is 12.6. The first kappa shape index (κ1) is 14.7. The van der Waals surface area contributed by atoms with Crippen molar-refractivity contribution in [1.82, 2.24) is 0 Å². The molecule has 0 aliphatic heterocycles. The molecular formula is C14H12BrClN2O2. The van der Waals surface area contributed by atoms with Gasteiger partial charge < -0.3 is 16.2 Å². The lowest BCUT2D eigenvalue weighted by Crippen LogP contribution is -2.11. The minimum Gasteiger partial charge on any atom is -0.488 e. The molecule has 0 saturated carbocycles. The number of primary amides is 1. The van der Waals surface area contributed by atoms with Gasteiger partial charge in [-0.2, -0.15) is 0 Å². The third kappa shape index (κ3) is 3.43. The SMILES string of the molecule is NC(=O)c1ccc(COc2cc(N)ccc2Br)c(Cl)c1. The van der Waals surface area contributed by atoms with E-state index in [-0.39, 0.29) is 6.61 Å². The number of anilines is 1. The predicted molar refractivity (Wildman–Crippen MR) is 82.9 cm³/mol. The molecule has 0 heterocycles. The minimum absolute atomic E-state index is 0.264. The molecule has 4 nitrogen and oxygen atoms in total. The number of carbonyl (C=O) groups excluding carboxylic acids is 1. The number of benzene rings is 2. The summed E-state index contributed by atoms with van der Waals surface area (Å²) in [4.78, 5) is 11.0. The third-order valence-corrected chi connectivity index (χ3v) is 3.68. The number of carbonyl (C=O) groups is 1. The van der Waals surface area contributed by atoms with Crippen molar-refractivity contribution in [1.29, 1.82) is 0 Å². The van der Waals surface area contributed by atoms with E-state index < -0.39 is 5.91 Å². The molecule has 0 spiro atoms. The average molecular weight is 356 g/mol. The lowest BCUT2D eigenvalue weighted by Gasteiger charge is -2.10. The van der Waals surface area contributed by atoms with Gasteiger partial charge in [0.2, 0.25) is 5.91 Å². The van der Waals surface area contributed by atoms with Crippen LogP contribution in [-0.4, -0.2) is 5.91 Å². The standard InChI is InChI=1S/C14H12BrClN2O2/c15-11-4-3-10(17)6-13(11)20-7-9-2-1-8(14(18)19)5-12(9)16/h1-6H,7,17H2,(H2,18,19). The molecule has 2 aromatic rings. The van der Waals surface area contributed by atoms with Crippen LogP contribution in [0.2, 0.25) is 5.02 Å². The van der Waals surface area contributed by atoms with E-state index in [4.69, 9.17) is 27.8 Å². The van der Waals surface area contributed by atoms with Gasteiger partial charge in [0.1, 0.15) is 12.4 Å². The van der Waals surface area contributed by atoms with Gasteiger partial charge in [0.15, 0.2) is 0 Å². The quantitative estimate of drug-likeness (QED) is 0.825. The van der Waals surface area contributed by atoms with Crippen molar-refractivity contribution >= 4 is 39.1 Å². The first-order valence-electron chi connectivity index (χ1n) is 5.73. The van der Waals surface area contributed by atoms with Crippen LogP contribution in [0, 0.1) is 0 Å². The van der Waals surface area contributed by atoms with Gasteiger partial charge in [0, 0.05) is 27.9 Å². The maximum atomic E-state index is 11.0. The van der Waals surface area contributed by atoms with Crippen LogP contribution in [-0.2, 0) is 6.61 Å². The van der Waals surface area contributed by atoms with E-state index in [9.17, 15) is 4.79 Å². The monoisotopic (exact) mass is 354 g/mol. The van der Waals surface area contributed by atoms with Gasteiger partial charge in [-0.15, -0.1) is 0 Å². The Morgan fingerprint density at radius 1 is 1.25 bits per heavy atom. The number of ether oxygens (including phenoxy) is 1. The Labute approximate surface area is 129 Å². The van der Waals surface area contributed by atoms with Gasteiger partial charge in [-0.05, 0) is 40.2 Å². The highest BCUT2D eigenvalue weighted by atomic mass is 79.9. The van der Waals surface area contributed by atoms with E-state index >= 15 is 0 Å². The first-order valence-corrected chi connectivity index (χ1v) is 6.90. The summed E-state index contributed by atoms with van der Waals surface area (Å²) in [5.74, 6) is 0.109. The number of nitrogen functional groups attached to an aromatic ring is 1. The number of hydrogen-bond acceptors (Lipinski definition) is 3. The second-order valence-electron chi connectivity index (χ2n) is 4.15. The topological polar surface area (TPSA) is 78.3 Å². The highest BCUT2D eigenvalue weighted by Crippen LogP contribution is 2.28. The van der Waals surface area contributed by atoms with Crippen molar-refractivity contribution in [2.75, 3.05) is 5.73 Å². The van der Waals surface area contributed by atoms with Crippen molar-refractivity contribution in [3.05, 3.63) is 57.0 Å². The van der Waals surface area contributed by atoms with E-state index in [1.807, 2.05) is 6.07 Å². The molecule has 6 heteroatoms. The van der Waals surface area contributed by atoms with Crippen LogP contribution in [0.3, 0.4) is 0 Å². The number of hydrogen-bond donors (Lipinski definition) is 2. The molecule has 0 saturated heterocycles. The zero-order valence-corrected chi connectivity index (χ0v) is 12.7. The summed E-state index contributed by atoms with van der Waals surface area (Å²) in [6.07, 6.45) is 0. The fourth-order valence-electron chi connectivity index (χ4n) is 1.60. The summed E-state index contributed by atoms with van der Waals surface area (Å²) >= 11 is 9.47. The summed E-state index contributed by atoms with van der Waals surface area (Å²) in [7, 11) is 0. The molecule has 0 aliphatic carbocycles. The number of halogens is 2. The van der Waals surface area contributed by atoms with Gasteiger partial charge in [-0.25, -0.2) is 0 Å². The molecule has 0 aromatic heterocycles. The number of nitrogens with two attached hydrogens (primary N) is 2. The van der Waals surface area contributed by atoms with E-state index in [0.717, 1.165) is 10.0 Å². The van der Waals surface area contributed by atoms with Gasteiger partial charge in [-0.3, -0.25) is 4.79 Å². The van der Waals surface area contributed by atoms with Crippen molar-refractivity contribution in [3.8, 4) is 5.75 Å². The van der Waals surface area contributed by atoms with Crippen LogP contribution in [0.15, 0.2) is 40.9 Å². The first-order chi connectivity index (χ1) is 9.47. The maximum Gasteiger partial charge on any atom is 0.248 e. The summed E-state index contributed by atoms with van der Waals surface area (Å²) in [6, 6.07) is 10.1. The molecule has 0 unspecified atom stereocenters. The van der Waals surface area contributed by atoms with Crippen LogP contribution < -0.4 is 16.2 Å². The predicted octanol–water partition coefficient (Wildman–Crippen LogP) is 3.36. The second kappa shape index (κ2) is 6.15. The van der Waals surface area contributed by atoms with Crippen LogP contribution in [0.5, 0.6) is 5.75 Å². The molecule has 2 rings (SSSR count). The number of rotatable bonds is 4. The average Bonchev–Trinajstić information content (AvgIpc) is 2.40. The summed E-state index contributed by atoms with van der Waals surface area (Å²) in [5, 5.41) is 0.432. The molecule has 0 fully saturated rings. The van der Waals surface area contributed by atoms with Crippen molar-refractivity contribution in [2.24, 2.45) is 5.73 Å². The van der Waals surface area contributed by atoms with Crippen molar-refractivity contribution < 1.29 is 9.53 Å². The summed E-state index contributed by atoms with van der Waals surface area (Å²) in [6.45, 7) is 0.264. The fourth-order valence-corrected chi connectivity index (χ4v) is 2.20. The maximum absolute atomic E-state index is 11.0. The van der Waals surface area contributed by atoms with Gasteiger partial charge in [0.05, 0.1) is 4.47 Å². The van der Waals surface area contributed by atoms with Gasteiger partial charge in [-0.1, -0.05) is 17.7 Å². The van der Waals surface area contributed by atoms with Gasteiger partial charge in [0.25, 0.3) is 0 Å². The molecule has 0 radical (unpaired) electrons. The van der Waals surface area contributed by atoms with Crippen LogP contribution >= 0.6 is 27.5 Å². The molecule has 2 aromatic carbocycles. The van der Waals surface area contributed by atoms with Crippen molar-refractivity contribution in [2.45, 2.75) is 6.61 Å². The molecule has 0 atom stereocenters. The normalized spacial score (nSPS) is 10.3. The lowest BCUT2D eigenvalue weighted by atomic mass is 10.1. The van der Waals surface area contributed by atoms with Crippen LogP contribution in [0.1, 0.15) is 15.9 Å². The van der Waals surface area contributed by atoms with Crippen LogP contribution in [0.25, 0.3) is 0 Å². The second-order valence-corrected chi connectivity index (χ2v) is 5.41. The molecule has 4 N–H and O–H groups in total. The highest BCUT2D eigenvalue weighted by molar-refractivity contribution is 9.10. The highest BCUT2D eigenvalue weighted by Gasteiger charge is 2.08. The minimum atomic E-state index is -0.516. The van der Waals surface area contributed by atoms with Gasteiger partial charge >= 0.3 is 0 Å². The summed E-state index contributed by atoms with van der Waals surface area (Å²) < 4.78 is 6.46. The van der Waals surface area contributed by atoms with E-state index in [1.54, 1.807) is 24.3 Å². The van der Waals surface area contributed by atoms with E-state index in [1.165, 1.54) is 6.07 Å². The lowest BCUT2D eigenvalue weighted by molar-refractivity contribution is 0.1000. The Morgan fingerprint density at radius 2 is 2.00 bits per heavy atom. The Balaban J connectivity index is 2.15. The van der Waals surface area contributed by atoms with Crippen molar-refractivity contribution in [3.63, 3.8) is 0 Å². The van der Waals surface area contributed by atoms with E-state index in [0.29, 0.717) is 22.0 Å². The fraction of sp³-hybridized carbons (Fsp3) is 0.0714. The zero-order valence-electron chi connectivity index (χ0n) is 10.4. The molecule has 20 heavy (non-hydrogen) atoms. The van der Waals surface area contributed by atoms with E-state index in [2.05, 4.69) is 15.9 Å². The molecule has 1 amide bonds. The smallest absolute Gasteiger partial charge is 0.248 e. The number of amides is 1.